The van der Waals surface area contributed by atoms with Gasteiger partial charge in [-0.3, -0.25) is 0 Å². The van der Waals surface area contributed by atoms with E-state index in [0.717, 1.165) is 42.8 Å². The monoisotopic (exact) mass is 481 g/mol. The van der Waals surface area contributed by atoms with E-state index in [-0.39, 0.29) is 6.61 Å². The molecule has 0 aliphatic carbocycles. The van der Waals surface area contributed by atoms with E-state index < -0.39 is 0 Å². The summed E-state index contributed by atoms with van der Waals surface area (Å²) in [5, 5.41) is 12.1. The molecule has 3 heterocycles. The predicted octanol–water partition coefficient (Wildman–Crippen LogP) is 3.72. The van der Waals surface area contributed by atoms with E-state index in [2.05, 4.69) is 35.6 Å². The van der Waals surface area contributed by atoms with Crippen LogP contribution in [0.5, 0.6) is 11.5 Å². The molecule has 1 aliphatic heterocycles. The number of rotatable bonds is 7. The second-order valence-electron chi connectivity index (χ2n) is 7.85. The Morgan fingerprint density at radius 1 is 1.15 bits per heavy atom. The van der Waals surface area contributed by atoms with Crippen molar-refractivity contribution in [2.24, 2.45) is 0 Å². The summed E-state index contributed by atoms with van der Waals surface area (Å²) in [6, 6.07) is 9.40. The normalized spacial score (nSPS) is 13.8. The highest BCUT2D eigenvalue weighted by molar-refractivity contribution is 6.31. The standard InChI is InChI=1S/C23H24ClN7O3/c1-14-3-4-15(9-17(14)24)28-22-16-10-19(32-2)20(11-18(16)26-13-27-22)33-12-21-29-23(30-34-21)31-7-5-25-6-8-31/h3-4,9-11,13,25H,5-8,12H2,1-2H3,(H,26,27,28). The number of anilines is 3. The van der Waals surface area contributed by atoms with Crippen molar-refractivity contribution in [3.05, 3.63) is 53.1 Å². The third kappa shape index (κ3) is 4.68. The zero-order valence-corrected chi connectivity index (χ0v) is 19.6. The fraction of sp³-hybridized carbons (Fsp3) is 0.304. The number of hydrogen-bond donors (Lipinski definition) is 2. The molecule has 0 atom stereocenters. The van der Waals surface area contributed by atoms with Gasteiger partial charge in [-0.15, -0.1) is 0 Å². The maximum absolute atomic E-state index is 6.27. The molecule has 0 spiro atoms. The predicted molar refractivity (Wildman–Crippen MR) is 129 cm³/mol. The van der Waals surface area contributed by atoms with E-state index in [9.17, 15) is 0 Å². The third-order valence-electron chi connectivity index (χ3n) is 5.56. The minimum absolute atomic E-state index is 0.110. The van der Waals surface area contributed by atoms with Crippen molar-refractivity contribution in [2.75, 3.05) is 43.5 Å². The van der Waals surface area contributed by atoms with Crippen molar-refractivity contribution >= 4 is 40.0 Å². The van der Waals surface area contributed by atoms with Gasteiger partial charge in [0.05, 0.1) is 12.6 Å². The van der Waals surface area contributed by atoms with Crippen LogP contribution in [0.15, 0.2) is 41.2 Å². The van der Waals surface area contributed by atoms with Gasteiger partial charge in [-0.25, -0.2) is 9.97 Å². The molecule has 10 nitrogen and oxygen atoms in total. The lowest BCUT2D eigenvalue weighted by atomic mass is 10.2. The van der Waals surface area contributed by atoms with Crippen LogP contribution in [0.3, 0.4) is 0 Å². The molecule has 1 fully saturated rings. The second kappa shape index (κ2) is 9.70. The zero-order chi connectivity index (χ0) is 23.5. The zero-order valence-electron chi connectivity index (χ0n) is 18.8. The van der Waals surface area contributed by atoms with Gasteiger partial charge < -0.3 is 29.5 Å². The summed E-state index contributed by atoms with van der Waals surface area (Å²) in [4.78, 5) is 15.3. The SMILES string of the molecule is COc1cc2c(Nc3ccc(C)c(Cl)c3)ncnc2cc1OCc1nc(N2CCNCC2)no1. The Hall–Kier alpha value is -3.63. The van der Waals surface area contributed by atoms with Crippen LogP contribution in [0.4, 0.5) is 17.5 Å². The summed E-state index contributed by atoms with van der Waals surface area (Å²) >= 11 is 6.27. The second-order valence-corrected chi connectivity index (χ2v) is 8.25. The molecule has 0 bridgehead atoms. The molecule has 0 amide bonds. The van der Waals surface area contributed by atoms with Crippen molar-refractivity contribution in [2.45, 2.75) is 13.5 Å². The van der Waals surface area contributed by atoms with Crippen LogP contribution in [0.2, 0.25) is 5.02 Å². The van der Waals surface area contributed by atoms with E-state index >= 15 is 0 Å². The molecule has 5 rings (SSSR count). The minimum atomic E-state index is 0.110. The van der Waals surface area contributed by atoms with Crippen molar-refractivity contribution in [3.8, 4) is 11.5 Å². The molecule has 1 aliphatic rings. The van der Waals surface area contributed by atoms with Crippen molar-refractivity contribution < 1.29 is 14.0 Å². The molecule has 11 heteroatoms. The molecule has 2 aromatic carbocycles. The third-order valence-corrected chi connectivity index (χ3v) is 5.97. The smallest absolute Gasteiger partial charge is 0.266 e. The van der Waals surface area contributed by atoms with E-state index in [1.807, 2.05) is 31.2 Å². The van der Waals surface area contributed by atoms with Crippen LogP contribution in [0.25, 0.3) is 10.9 Å². The maximum Gasteiger partial charge on any atom is 0.266 e. The largest absolute Gasteiger partial charge is 0.493 e. The Kier molecular flexibility index (Phi) is 6.33. The number of nitrogens with zero attached hydrogens (tertiary/aromatic N) is 5. The molecule has 34 heavy (non-hydrogen) atoms. The van der Waals surface area contributed by atoms with Gasteiger partial charge >= 0.3 is 0 Å². The van der Waals surface area contributed by atoms with Crippen LogP contribution >= 0.6 is 11.6 Å². The molecule has 2 N–H and O–H groups in total. The average molecular weight is 482 g/mol. The summed E-state index contributed by atoms with van der Waals surface area (Å²) in [5.41, 5.74) is 2.52. The minimum Gasteiger partial charge on any atom is -0.493 e. The Labute approximate surface area is 201 Å². The summed E-state index contributed by atoms with van der Waals surface area (Å²) in [5.74, 6) is 2.64. The highest BCUT2D eigenvalue weighted by atomic mass is 35.5. The summed E-state index contributed by atoms with van der Waals surface area (Å²) in [7, 11) is 1.58. The lowest BCUT2D eigenvalue weighted by molar-refractivity contribution is 0.233. The quantitative estimate of drug-likeness (QED) is 0.405. The van der Waals surface area contributed by atoms with E-state index in [1.54, 1.807) is 13.2 Å². The highest BCUT2D eigenvalue weighted by Crippen LogP contribution is 2.35. The number of hydrogen-bond acceptors (Lipinski definition) is 10. The molecule has 2 aromatic heterocycles. The Balaban J connectivity index is 1.36. The Morgan fingerprint density at radius 2 is 2.00 bits per heavy atom. The summed E-state index contributed by atoms with van der Waals surface area (Å²) in [6.07, 6.45) is 1.49. The average Bonchev–Trinajstić information content (AvgIpc) is 3.34. The molecule has 4 aromatic rings. The van der Waals surface area contributed by atoms with Crippen LogP contribution < -0.4 is 25.0 Å². The number of methoxy groups -OCH3 is 1. The molecule has 176 valence electrons. The first-order valence-electron chi connectivity index (χ1n) is 10.9. The summed E-state index contributed by atoms with van der Waals surface area (Å²) < 4.78 is 16.9. The number of fused-ring (bicyclic) bond motifs is 1. The van der Waals surface area contributed by atoms with Gasteiger partial charge in [0.2, 0.25) is 0 Å². The lowest BCUT2D eigenvalue weighted by Crippen LogP contribution is -2.44. The first kappa shape index (κ1) is 22.2. The van der Waals surface area contributed by atoms with Gasteiger partial charge in [0.1, 0.15) is 12.1 Å². The van der Waals surface area contributed by atoms with Crippen molar-refractivity contribution in [1.29, 1.82) is 0 Å². The van der Waals surface area contributed by atoms with Crippen LogP contribution in [0.1, 0.15) is 11.5 Å². The van der Waals surface area contributed by atoms with Gasteiger partial charge in [-0.1, -0.05) is 17.7 Å². The molecule has 0 saturated carbocycles. The number of benzene rings is 2. The molecule has 1 saturated heterocycles. The van der Waals surface area contributed by atoms with Crippen molar-refractivity contribution in [1.82, 2.24) is 25.4 Å². The van der Waals surface area contributed by atoms with Gasteiger partial charge in [0.15, 0.2) is 18.1 Å². The Morgan fingerprint density at radius 3 is 2.79 bits per heavy atom. The lowest BCUT2D eigenvalue weighted by Gasteiger charge is -2.25. The Bertz CT molecular complexity index is 1310. The topological polar surface area (TPSA) is 110 Å². The van der Waals surface area contributed by atoms with E-state index in [0.29, 0.717) is 39.7 Å². The number of halogens is 1. The highest BCUT2D eigenvalue weighted by Gasteiger charge is 2.18. The number of aromatic nitrogens is 4. The van der Waals surface area contributed by atoms with E-state index in [4.69, 9.17) is 25.6 Å². The molecule has 0 radical (unpaired) electrons. The van der Waals surface area contributed by atoms with E-state index in [1.165, 1.54) is 6.33 Å². The maximum atomic E-state index is 6.27. The first-order chi connectivity index (χ1) is 16.6. The number of ether oxygens (including phenoxy) is 2. The number of piperazine rings is 1. The van der Waals surface area contributed by atoms with Gasteiger partial charge in [0.25, 0.3) is 11.8 Å². The summed E-state index contributed by atoms with van der Waals surface area (Å²) in [6.45, 7) is 5.53. The van der Waals surface area contributed by atoms with Crippen molar-refractivity contribution in [3.63, 3.8) is 0 Å². The first-order valence-corrected chi connectivity index (χ1v) is 11.3. The molecule has 0 unspecified atom stereocenters. The van der Waals surface area contributed by atoms with Gasteiger partial charge in [-0.2, -0.15) is 4.98 Å². The number of nitrogens with one attached hydrogen (secondary N) is 2. The van der Waals surface area contributed by atoms with Crippen LogP contribution in [0, 0.1) is 6.92 Å². The van der Waals surface area contributed by atoms with Gasteiger partial charge in [0, 0.05) is 48.3 Å². The molecular formula is C23H24ClN7O3. The van der Waals surface area contributed by atoms with Crippen LogP contribution in [-0.4, -0.2) is 53.4 Å². The fourth-order valence-electron chi connectivity index (χ4n) is 3.68. The van der Waals surface area contributed by atoms with Crippen LogP contribution in [-0.2, 0) is 6.61 Å². The molecular weight excluding hydrogens is 458 g/mol. The van der Waals surface area contributed by atoms with Gasteiger partial charge in [-0.05, 0) is 35.8 Å². The number of aryl methyl sites for hydroxylation is 1. The fourth-order valence-corrected chi connectivity index (χ4v) is 3.86.